The van der Waals surface area contributed by atoms with Gasteiger partial charge in [-0.3, -0.25) is 9.00 Å². The smallest absolute Gasteiger partial charge is 0.236 e. The van der Waals surface area contributed by atoms with Crippen LogP contribution in [0.25, 0.3) is 0 Å². The molecule has 0 aromatic carbocycles. The lowest BCUT2D eigenvalue weighted by Gasteiger charge is -2.14. The lowest BCUT2D eigenvalue weighted by molar-refractivity contribution is -0.122. The molecule has 0 aliphatic heterocycles. The Balaban J connectivity index is 3.76. The number of carbonyl (C=O) groups excluding carboxylic acids is 1. The van der Waals surface area contributed by atoms with Crippen molar-refractivity contribution < 1.29 is 9.00 Å². The molecule has 0 aliphatic rings. The number of likely N-dealkylation sites (N-methyl/N-ethyl adjacent to an activating group) is 1. The van der Waals surface area contributed by atoms with Crippen LogP contribution in [0, 0.1) is 0 Å². The van der Waals surface area contributed by atoms with Crippen LogP contribution in [0.4, 0.5) is 0 Å². The van der Waals surface area contributed by atoms with Gasteiger partial charge < -0.3 is 10.6 Å². The van der Waals surface area contributed by atoms with Crippen LogP contribution in [0.5, 0.6) is 0 Å². The minimum absolute atomic E-state index is 0.0471. The van der Waals surface area contributed by atoms with Crippen molar-refractivity contribution in [3.8, 4) is 0 Å². The Kier molecular flexibility index (Phi) is 5.90. The summed E-state index contributed by atoms with van der Waals surface area (Å²) in [5.41, 5.74) is 0. The largest absolute Gasteiger partial charge is 0.358 e. The van der Waals surface area contributed by atoms with Crippen LogP contribution in [0.3, 0.4) is 0 Å². The summed E-state index contributed by atoms with van der Waals surface area (Å²) in [5, 5.41) is 5.63. The molecule has 0 heterocycles. The third-order valence-electron chi connectivity index (χ3n) is 1.92. The molecule has 4 nitrogen and oxygen atoms in total. The van der Waals surface area contributed by atoms with Gasteiger partial charge in [-0.25, -0.2) is 0 Å². The number of hydrogen-bond acceptors (Lipinski definition) is 3. The average Bonchev–Trinajstić information content (AvgIpc) is 2.11. The summed E-state index contributed by atoms with van der Waals surface area (Å²) in [6.45, 7) is 4.27. The summed E-state index contributed by atoms with van der Waals surface area (Å²) in [5.74, 6) is -0.0471. The third kappa shape index (κ3) is 5.00. The van der Waals surface area contributed by atoms with E-state index in [0.717, 1.165) is 0 Å². The maximum absolute atomic E-state index is 11.0. The molecule has 78 valence electrons. The fourth-order valence-corrected chi connectivity index (χ4v) is 1.10. The topological polar surface area (TPSA) is 58.2 Å². The Morgan fingerprint density at radius 2 is 2.00 bits per heavy atom. The van der Waals surface area contributed by atoms with Crippen LogP contribution in [0.2, 0.25) is 0 Å². The van der Waals surface area contributed by atoms with E-state index in [1.54, 1.807) is 20.2 Å². The van der Waals surface area contributed by atoms with E-state index >= 15 is 0 Å². The highest BCUT2D eigenvalue weighted by atomic mass is 32.2. The van der Waals surface area contributed by atoms with Gasteiger partial charge in [-0.15, -0.1) is 0 Å². The number of carbonyl (C=O) groups is 1. The minimum atomic E-state index is -0.836. The van der Waals surface area contributed by atoms with Crippen molar-refractivity contribution in [1.29, 1.82) is 0 Å². The number of amides is 1. The molecule has 0 aromatic rings. The predicted octanol–water partition coefficient (Wildman–Crippen LogP) is -0.522. The molecule has 0 aromatic heterocycles. The molecule has 0 saturated carbocycles. The zero-order valence-corrected chi connectivity index (χ0v) is 9.40. The van der Waals surface area contributed by atoms with E-state index in [9.17, 15) is 9.00 Å². The molecule has 5 heteroatoms. The van der Waals surface area contributed by atoms with Crippen molar-refractivity contribution in [2.24, 2.45) is 0 Å². The van der Waals surface area contributed by atoms with Crippen LogP contribution in [-0.2, 0) is 15.6 Å². The maximum atomic E-state index is 11.0. The number of nitrogens with one attached hydrogen (secondary N) is 2. The van der Waals surface area contributed by atoms with Gasteiger partial charge in [0.15, 0.2) is 0 Å². The van der Waals surface area contributed by atoms with Gasteiger partial charge in [0.25, 0.3) is 0 Å². The second kappa shape index (κ2) is 6.10. The van der Waals surface area contributed by atoms with Gasteiger partial charge in [-0.05, 0) is 13.8 Å². The van der Waals surface area contributed by atoms with E-state index in [1.165, 1.54) is 0 Å². The van der Waals surface area contributed by atoms with Crippen LogP contribution < -0.4 is 10.6 Å². The average molecular weight is 206 g/mol. The molecule has 0 radical (unpaired) electrons. The molecule has 1 amide bonds. The van der Waals surface area contributed by atoms with Crippen molar-refractivity contribution in [2.75, 3.05) is 19.8 Å². The molecular weight excluding hydrogens is 188 g/mol. The quantitative estimate of drug-likeness (QED) is 0.636. The minimum Gasteiger partial charge on any atom is -0.358 e. The van der Waals surface area contributed by atoms with Crippen LogP contribution in [-0.4, -0.2) is 41.3 Å². The van der Waals surface area contributed by atoms with Crippen LogP contribution >= 0.6 is 0 Å². The SMILES string of the molecule is CNC(=O)C(C)NCC(C)S(C)=O. The highest BCUT2D eigenvalue weighted by Gasteiger charge is 2.12. The molecular formula is C8H18N2O2S. The molecule has 0 bridgehead atoms. The van der Waals surface area contributed by atoms with Crippen molar-refractivity contribution in [2.45, 2.75) is 25.1 Å². The fraction of sp³-hybridized carbons (Fsp3) is 0.875. The number of rotatable bonds is 5. The van der Waals surface area contributed by atoms with Gasteiger partial charge in [-0.2, -0.15) is 0 Å². The van der Waals surface area contributed by atoms with E-state index in [1.807, 2.05) is 6.92 Å². The third-order valence-corrected chi connectivity index (χ3v) is 3.22. The standard InChI is InChI=1S/C8H18N2O2S/c1-6(13(4)12)5-10-7(2)8(11)9-3/h6-7,10H,5H2,1-4H3,(H,9,11). The number of hydrogen-bond donors (Lipinski definition) is 2. The Bertz CT molecular complexity index is 197. The highest BCUT2D eigenvalue weighted by molar-refractivity contribution is 7.84. The first-order valence-electron chi connectivity index (χ1n) is 4.26. The first-order chi connectivity index (χ1) is 5.99. The summed E-state index contributed by atoms with van der Waals surface area (Å²) in [6, 6.07) is -0.226. The summed E-state index contributed by atoms with van der Waals surface area (Å²) < 4.78 is 11.0. The van der Waals surface area contributed by atoms with Crippen molar-refractivity contribution in [1.82, 2.24) is 10.6 Å². The first kappa shape index (κ1) is 12.6. The zero-order chi connectivity index (χ0) is 10.4. The molecule has 0 rings (SSSR count). The predicted molar refractivity (Wildman–Crippen MR) is 55.1 cm³/mol. The van der Waals surface area contributed by atoms with Gasteiger partial charge in [-0.1, -0.05) is 0 Å². The molecule has 3 unspecified atom stereocenters. The summed E-state index contributed by atoms with van der Waals surface area (Å²) >= 11 is 0. The van der Waals surface area contributed by atoms with Crippen LogP contribution in [0.1, 0.15) is 13.8 Å². The van der Waals surface area contributed by atoms with Gasteiger partial charge in [0.1, 0.15) is 0 Å². The van der Waals surface area contributed by atoms with Crippen molar-refractivity contribution in [3.63, 3.8) is 0 Å². The van der Waals surface area contributed by atoms with E-state index in [2.05, 4.69) is 10.6 Å². The van der Waals surface area contributed by atoms with Crippen molar-refractivity contribution in [3.05, 3.63) is 0 Å². The van der Waals surface area contributed by atoms with Gasteiger partial charge in [0.05, 0.1) is 6.04 Å². The normalized spacial score (nSPS) is 17.5. The van der Waals surface area contributed by atoms with E-state index in [-0.39, 0.29) is 17.2 Å². The molecule has 0 fully saturated rings. The highest BCUT2D eigenvalue weighted by Crippen LogP contribution is 1.91. The van der Waals surface area contributed by atoms with E-state index in [4.69, 9.17) is 0 Å². The van der Waals surface area contributed by atoms with Crippen LogP contribution in [0.15, 0.2) is 0 Å². The lowest BCUT2D eigenvalue weighted by Crippen LogP contribution is -2.43. The Morgan fingerprint density at radius 3 is 2.38 bits per heavy atom. The Hall–Kier alpha value is -0.420. The lowest BCUT2D eigenvalue weighted by atomic mass is 10.3. The fourth-order valence-electron chi connectivity index (χ4n) is 0.769. The van der Waals surface area contributed by atoms with Gasteiger partial charge >= 0.3 is 0 Å². The maximum Gasteiger partial charge on any atom is 0.236 e. The molecule has 0 spiro atoms. The monoisotopic (exact) mass is 206 g/mol. The summed E-state index contributed by atoms with van der Waals surface area (Å²) in [6.07, 6.45) is 1.66. The zero-order valence-electron chi connectivity index (χ0n) is 8.59. The molecule has 13 heavy (non-hydrogen) atoms. The Labute approximate surface area is 81.9 Å². The summed E-state index contributed by atoms with van der Waals surface area (Å²) in [7, 11) is 0.763. The second-order valence-electron chi connectivity index (χ2n) is 3.05. The molecule has 0 saturated heterocycles. The first-order valence-corrected chi connectivity index (χ1v) is 5.88. The van der Waals surface area contributed by atoms with Crippen molar-refractivity contribution >= 4 is 16.7 Å². The van der Waals surface area contributed by atoms with E-state index in [0.29, 0.717) is 6.54 Å². The Morgan fingerprint density at radius 1 is 1.46 bits per heavy atom. The van der Waals surface area contributed by atoms with Gasteiger partial charge in [0.2, 0.25) is 5.91 Å². The second-order valence-corrected chi connectivity index (χ2v) is 4.86. The molecule has 3 atom stereocenters. The molecule has 2 N–H and O–H groups in total. The van der Waals surface area contributed by atoms with Gasteiger partial charge in [0, 0.05) is 35.9 Å². The summed E-state index contributed by atoms with van der Waals surface area (Å²) in [4.78, 5) is 11.0. The van der Waals surface area contributed by atoms with E-state index < -0.39 is 10.8 Å². The molecule has 0 aliphatic carbocycles.